The molecule has 0 saturated carbocycles. The Balaban J connectivity index is 1.25. The smallest absolute Gasteiger partial charge is 0.309 e. The Morgan fingerprint density at radius 2 is 1.93 bits per heavy atom. The topological polar surface area (TPSA) is 93.6 Å². The minimum Gasteiger partial charge on any atom is -0.488 e. The summed E-state index contributed by atoms with van der Waals surface area (Å²) in [5.74, 6) is 0.197. The van der Waals surface area contributed by atoms with Gasteiger partial charge in [-0.3, -0.25) is 9.69 Å². The van der Waals surface area contributed by atoms with Crippen molar-refractivity contribution in [1.82, 2.24) is 9.88 Å². The molecule has 234 valence electrons. The zero-order valence-corrected chi connectivity index (χ0v) is 27.7. The molecule has 0 radical (unpaired) electrons. The summed E-state index contributed by atoms with van der Waals surface area (Å²) in [6.45, 7) is 7.58. The predicted molar refractivity (Wildman–Crippen MR) is 177 cm³/mol. The van der Waals surface area contributed by atoms with Gasteiger partial charge >= 0.3 is 5.97 Å². The van der Waals surface area contributed by atoms with Gasteiger partial charge in [-0.25, -0.2) is 4.98 Å². The lowest BCUT2D eigenvalue weighted by molar-refractivity contribution is -0.141. The van der Waals surface area contributed by atoms with E-state index in [1.165, 1.54) is 16.7 Å². The second-order valence-corrected chi connectivity index (χ2v) is 13.5. The van der Waals surface area contributed by atoms with E-state index < -0.39 is 11.9 Å². The van der Waals surface area contributed by atoms with Gasteiger partial charge in [-0.1, -0.05) is 46.9 Å². The number of carboxylic acid groups (broad SMARTS) is 1. The average molecular weight is 714 g/mol. The summed E-state index contributed by atoms with van der Waals surface area (Å²) in [6, 6.07) is 16.8. The molecule has 4 heterocycles. The molecular weight excluding hydrogens is 673 g/mol. The summed E-state index contributed by atoms with van der Waals surface area (Å²) >= 11 is 2.24. The number of aromatic nitrogens is 1. The molecule has 2 saturated heterocycles. The third kappa shape index (κ3) is 6.32. The largest absolute Gasteiger partial charge is 0.488 e. The van der Waals surface area contributed by atoms with Crippen LogP contribution >= 0.6 is 22.6 Å². The van der Waals surface area contributed by atoms with Gasteiger partial charge in [0.2, 0.25) is 0 Å². The van der Waals surface area contributed by atoms with Crippen LogP contribution in [-0.4, -0.2) is 84.1 Å². The van der Waals surface area contributed by atoms with Crippen LogP contribution in [0.5, 0.6) is 5.75 Å². The van der Waals surface area contributed by atoms with Crippen molar-refractivity contribution < 1.29 is 28.8 Å². The van der Waals surface area contributed by atoms with Crippen LogP contribution in [0, 0.1) is 12.8 Å². The molecule has 0 unspecified atom stereocenters. The first-order valence-corrected chi connectivity index (χ1v) is 16.4. The van der Waals surface area contributed by atoms with Crippen LogP contribution in [0.2, 0.25) is 0 Å². The van der Waals surface area contributed by atoms with Crippen molar-refractivity contribution in [2.75, 3.05) is 52.0 Å². The Kier molecular flexibility index (Phi) is 9.72. The molecule has 2 aromatic carbocycles. The maximum atomic E-state index is 12.1. The number of halogens is 1. The van der Waals surface area contributed by atoms with Crippen LogP contribution in [0.1, 0.15) is 27.8 Å². The highest BCUT2D eigenvalue weighted by Gasteiger charge is 2.45. The fourth-order valence-electron chi connectivity index (χ4n) is 6.71. The highest BCUT2D eigenvalue weighted by atomic mass is 127. The zero-order chi connectivity index (χ0) is 30.8. The number of hydrogen-bond donors (Lipinski definition) is 1. The number of aryl methyl sites for hydroxylation is 1. The molecule has 0 bridgehead atoms. The number of aliphatic carboxylic acids is 1. The first kappa shape index (κ1) is 31.2. The van der Waals surface area contributed by atoms with E-state index in [4.69, 9.17) is 23.9 Å². The molecule has 3 aliphatic heterocycles. The third-order valence-corrected chi connectivity index (χ3v) is 10.2. The summed E-state index contributed by atoms with van der Waals surface area (Å²) in [7, 11) is 3.36. The Bertz CT molecular complexity index is 1500. The van der Waals surface area contributed by atoms with Crippen molar-refractivity contribution >= 4 is 34.4 Å². The van der Waals surface area contributed by atoms with Crippen molar-refractivity contribution in [3.05, 3.63) is 76.3 Å². The van der Waals surface area contributed by atoms with Gasteiger partial charge in [-0.05, 0) is 65.4 Å². The molecule has 0 amide bonds. The van der Waals surface area contributed by atoms with Crippen LogP contribution in [0.15, 0.2) is 48.5 Å². The highest BCUT2D eigenvalue weighted by Crippen LogP contribution is 2.37. The van der Waals surface area contributed by atoms with Crippen LogP contribution < -0.4 is 9.64 Å². The summed E-state index contributed by atoms with van der Waals surface area (Å²) in [6.07, 6.45) is 1.00. The van der Waals surface area contributed by atoms with Crippen molar-refractivity contribution in [2.24, 2.45) is 5.92 Å². The third-order valence-electron chi connectivity index (χ3n) is 9.06. The predicted octanol–water partition coefficient (Wildman–Crippen LogP) is 4.88. The number of nitrogens with zero attached hydrogens (tertiary/aromatic N) is 3. The van der Waals surface area contributed by atoms with Crippen LogP contribution in [0.4, 0.5) is 5.82 Å². The number of rotatable bonds is 11. The summed E-state index contributed by atoms with van der Waals surface area (Å²) < 4.78 is 23.0. The number of anilines is 1. The Morgan fingerprint density at radius 1 is 1.11 bits per heavy atom. The minimum atomic E-state index is -0.805. The van der Waals surface area contributed by atoms with Crippen LogP contribution in [0.25, 0.3) is 11.3 Å². The Morgan fingerprint density at radius 3 is 2.66 bits per heavy atom. The van der Waals surface area contributed by atoms with E-state index in [-0.39, 0.29) is 9.97 Å². The standard InChI is InChI=1S/C34H40IN3O6/c1-21-6-4-7-26(29-8-5-9-31(36-29)38-15-28(35)32(34(39)40)30(38)20-42-3)33(21)44-16-22-12-23-10-11-37(25-18-43-19-25)14-27(23)24(13-22)17-41-2/h4-9,12-13,25,28,30,32H,10-11,14-20H2,1-3H3,(H,39,40)/t28-,30+,32+/m0/s1. The van der Waals surface area contributed by atoms with Gasteiger partial charge in [0.15, 0.2) is 0 Å². The molecule has 0 spiro atoms. The van der Waals surface area contributed by atoms with Crippen molar-refractivity contribution in [3.8, 4) is 17.0 Å². The van der Waals surface area contributed by atoms with Gasteiger partial charge < -0.3 is 29.0 Å². The van der Waals surface area contributed by atoms with E-state index >= 15 is 0 Å². The quantitative estimate of drug-likeness (QED) is 0.221. The number of alkyl halides is 1. The molecule has 6 rings (SSSR count). The summed E-state index contributed by atoms with van der Waals surface area (Å²) in [5, 5.41) is 9.92. The fourth-order valence-corrected chi connectivity index (χ4v) is 7.92. The zero-order valence-electron chi connectivity index (χ0n) is 25.5. The SMILES string of the molecule is COCc1cc(COc2c(C)cccc2-c2cccc(N3C[C@H](I)[C@@H](C(=O)O)[C@H]3COC)n2)cc2c1CN(C1COC1)CC2. The Labute approximate surface area is 272 Å². The second kappa shape index (κ2) is 13.7. The number of benzene rings is 2. The maximum Gasteiger partial charge on any atom is 0.309 e. The van der Waals surface area contributed by atoms with Gasteiger partial charge in [0, 0.05) is 43.3 Å². The van der Waals surface area contributed by atoms with E-state index in [1.54, 1.807) is 14.2 Å². The van der Waals surface area contributed by atoms with Crippen LogP contribution in [-0.2, 0) is 45.2 Å². The van der Waals surface area contributed by atoms with Gasteiger partial charge in [0.05, 0.1) is 50.1 Å². The number of carbonyl (C=O) groups is 1. The highest BCUT2D eigenvalue weighted by molar-refractivity contribution is 14.1. The molecule has 3 atom stereocenters. The molecule has 10 heteroatoms. The van der Waals surface area contributed by atoms with Gasteiger partial charge in [0.25, 0.3) is 0 Å². The lowest BCUT2D eigenvalue weighted by Gasteiger charge is -2.40. The monoisotopic (exact) mass is 713 g/mol. The van der Waals surface area contributed by atoms with Crippen LogP contribution in [0.3, 0.4) is 0 Å². The number of pyridine rings is 1. The summed E-state index contributed by atoms with van der Waals surface area (Å²) in [4.78, 5) is 21.7. The number of methoxy groups -OCH3 is 2. The molecule has 1 N–H and O–H groups in total. The van der Waals surface area contributed by atoms with E-state index in [0.717, 1.165) is 66.7 Å². The second-order valence-electron chi connectivity index (χ2n) is 11.9. The van der Waals surface area contributed by atoms with Gasteiger partial charge in [-0.15, -0.1) is 0 Å². The summed E-state index contributed by atoms with van der Waals surface area (Å²) in [5.41, 5.74) is 7.81. The molecule has 3 aromatic rings. The molecular formula is C34H40IN3O6. The van der Waals surface area contributed by atoms with Gasteiger partial charge in [0.1, 0.15) is 18.2 Å². The van der Waals surface area contributed by atoms with Crippen molar-refractivity contribution in [2.45, 2.75) is 49.1 Å². The maximum absolute atomic E-state index is 12.1. The lowest BCUT2D eigenvalue weighted by Crippen LogP contribution is -2.50. The van der Waals surface area contributed by atoms with Crippen molar-refractivity contribution in [3.63, 3.8) is 0 Å². The molecule has 3 aliphatic rings. The first-order chi connectivity index (χ1) is 21.4. The van der Waals surface area contributed by atoms with Gasteiger partial charge in [-0.2, -0.15) is 0 Å². The van der Waals surface area contributed by atoms with E-state index in [9.17, 15) is 9.90 Å². The van der Waals surface area contributed by atoms with E-state index in [1.807, 2.05) is 30.3 Å². The molecule has 2 fully saturated rings. The number of carboxylic acids is 1. The van der Waals surface area contributed by atoms with E-state index in [2.05, 4.69) is 57.5 Å². The lowest BCUT2D eigenvalue weighted by atomic mass is 9.91. The molecule has 0 aliphatic carbocycles. The molecule has 1 aromatic heterocycles. The van der Waals surface area contributed by atoms with Crippen molar-refractivity contribution in [1.29, 1.82) is 0 Å². The van der Waals surface area contributed by atoms with E-state index in [0.29, 0.717) is 32.4 Å². The number of hydrogen-bond acceptors (Lipinski definition) is 8. The molecule has 44 heavy (non-hydrogen) atoms. The fraction of sp³-hybridized carbons (Fsp3) is 0.471. The normalized spacial score (nSPS) is 22.1. The number of fused-ring (bicyclic) bond motifs is 1. The molecule has 9 nitrogen and oxygen atoms in total. The Hall–Kier alpha value is -2.77. The number of ether oxygens (including phenoxy) is 4. The first-order valence-electron chi connectivity index (χ1n) is 15.1. The minimum absolute atomic E-state index is 0.0523. The number of para-hydroxylation sites is 1. The average Bonchev–Trinajstić information content (AvgIpc) is 3.32.